The van der Waals surface area contributed by atoms with Crippen molar-refractivity contribution in [2.45, 2.75) is 38.5 Å². The number of hydrogen-bond acceptors (Lipinski definition) is 4. The van der Waals surface area contributed by atoms with Gasteiger partial charge >= 0.3 is 0 Å². The van der Waals surface area contributed by atoms with E-state index in [2.05, 4.69) is 11.3 Å². The highest BCUT2D eigenvalue weighted by Gasteiger charge is 2.55. The quantitative estimate of drug-likeness (QED) is 0.750. The second-order valence-electron chi connectivity index (χ2n) is 8.90. The predicted molar refractivity (Wildman–Crippen MR) is 101 cm³/mol. The van der Waals surface area contributed by atoms with E-state index in [4.69, 9.17) is 0 Å². The Labute approximate surface area is 161 Å². The minimum Gasteiger partial charge on any atom is -0.339 e. The summed E-state index contributed by atoms with van der Waals surface area (Å²) < 4.78 is 25.0. The molecule has 2 amide bonds. The fourth-order valence-corrected chi connectivity index (χ4v) is 6.64. The molecule has 0 aromatic rings. The standard InChI is InChI=1S/C19H29N3O4S/c1-2-27(25,26)20-13-17(23)21-3-5-22(6-4-21)18(24)19-10-14-7-15(11-19)9-16(8-14)12-19/h2,14-16,20H,1,3-13H2. The number of nitrogens with zero attached hydrogens (tertiary/aromatic N) is 2. The van der Waals surface area contributed by atoms with Crippen LogP contribution in [-0.4, -0.2) is 62.8 Å². The van der Waals surface area contributed by atoms with E-state index in [1.807, 2.05) is 4.90 Å². The molecule has 4 bridgehead atoms. The van der Waals surface area contributed by atoms with Crippen molar-refractivity contribution in [3.63, 3.8) is 0 Å². The third-order valence-corrected chi connectivity index (χ3v) is 8.04. The summed E-state index contributed by atoms with van der Waals surface area (Å²) in [6, 6.07) is 0. The van der Waals surface area contributed by atoms with Crippen LogP contribution in [0.5, 0.6) is 0 Å². The van der Waals surface area contributed by atoms with Crippen LogP contribution in [-0.2, 0) is 19.6 Å². The van der Waals surface area contributed by atoms with Gasteiger partial charge in [-0.3, -0.25) is 9.59 Å². The number of rotatable bonds is 5. The molecule has 0 unspecified atom stereocenters. The van der Waals surface area contributed by atoms with E-state index in [1.165, 1.54) is 19.3 Å². The van der Waals surface area contributed by atoms with Gasteiger partial charge in [-0.2, -0.15) is 0 Å². The fraction of sp³-hybridized carbons (Fsp3) is 0.789. The van der Waals surface area contributed by atoms with Gasteiger partial charge in [-0.15, -0.1) is 0 Å². The van der Waals surface area contributed by atoms with Gasteiger partial charge in [0.15, 0.2) is 0 Å². The molecule has 150 valence electrons. The molecule has 4 aliphatic carbocycles. The van der Waals surface area contributed by atoms with E-state index in [0.29, 0.717) is 32.1 Å². The van der Waals surface area contributed by atoms with Crippen molar-refractivity contribution in [3.8, 4) is 0 Å². The molecule has 1 saturated heterocycles. The van der Waals surface area contributed by atoms with E-state index < -0.39 is 10.0 Å². The molecule has 0 radical (unpaired) electrons. The molecule has 1 N–H and O–H groups in total. The number of hydrogen-bond donors (Lipinski definition) is 1. The molecule has 27 heavy (non-hydrogen) atoms. The van der Waals surface area contributed by atoms with Crippen molar-refractivity contribution >= 4 is 21.8 Å². The highest BCUT2D eigenvalue weighted by atomic mass is 32.2. The van der Waals surface area contributed by atoms with Crippen LogP contribution in [0.1, 0.15) is 38.5 Å². The lowest BCUT2D eigenvalue weighted by Gasteiger charge is -2.57. The maximum atomic E-state index is 13.3. The Balaban J connectivity index is 1.32. The van der Waals surface area contributed by atoms with Crippen LogP contribution < -0.4 is 4.72 Å². The monoisotopic (exact) mass is 395 g/mol. The lowest BCUT2D eigenvalue weighted by molar-refractivity contribution is -0.160. The van der Waals surface area contributed by atoms with Gasteiger partial charge in [0.2, 0.25) is 21.8 Å². The molecule has 1 aliphatic heterocycles. The molecule has 0 atom stereocenters. The Kier molecular flexibility index (Phi) is 4.83. The van der Waals surface area contributed by atoms with Crippen LogP contribution in [0.25, 0.3) is 0 Å². The van der Waals surface area contributed by atoms with Crippen LogP contribution in [0.2, 0.25) is 0 Å². The van der Waals surface area contributed by atoms with Gasteiger partial charge in [0.1, 0.15) is 0 Å². The van der Waals surface area contributed by atoms with Crippen molar-refractivity contribution in [3.05, 3.63) is 12.0 Å². The average molecular weight is 396 g/mol. The summed E-state index contributed by atoms with van der Waals surface area (Å²) in [5, 5.41) is 0.794. The summed E-state index contributed by atoms with van der Waals surface area (Å²) in [4.78, 5) is 29.1. The number of sulfonamides is 1. The maximum absolute atomic E-state index is 13.3. The topological polar surface area (TPSA) is 86.8 Å². The second-order valence-corrected chi connectivity index (χ2v) is 10.6. The summed E-state index contributed by atoms with van der Waals surface area (Å²) in [6.07, 6.45) is 7.11. The largest absolute Gasteiger partial charge is 0.339 e. The van der Waals surface area contributed by atoms with E-state index in [0.717, 1.165) is 42.4 Å². The van der Waals surface area contributed by atoms with Crippen molar-refractivity contribution in [2.24, 2.45) is 23.2 Å². The second kappa shape index (κ2) is 6.88. The Morgan fingerprint density at radius 1 is 0.963 bits per heavy atom. The lowest BCUT2D eigenvalue weighted by atomic mass is 9.49. The average Bonchev–Trinajstić information content (AvgIpc) is 2.64. The number of carbonyl (C=O) groups excluding carboxylic acids is 2. The lowest BCUT2D eigenvalue weighted by Crippen LogP contribution is -2.59. The Morgan fingerprint density at radius 2 is 1.44 bits per heavy atom. The smallest absolute Gasteiger partial charge is 0.237 e. The molecule has 4 saturated carbocycles. The van der Waals surface area contributed by atoms with Crippen molar-refractivity contribution < 1.29 is 18.0 Å². The molecule has 5 rings (SSSR count). The Morgan fingerprint density at radius 3 is 1.93 bits per heavy atom. The van der Waals surface area contributed by atoms with Crippen LogP contribution in [0.3, 0.4) is 0 Å². The highest BCUT2D eigenvalue weighted by Crippen LogP contribution is 2.60. The van der Waals surface area contributed by atoms with Gasteiger partial charge in [-0.1, -0.05) is 6.58 Å². The molecule has 7 nitrogen and oxygen atoms in total. The highest BCUT2D eigenvalue weighted by molar-refractivity contribution is 7.92. The van der Waals surface area contributed by atoms with Crippen LogP contribution in [0.4, 0.5) is 0 Å². The van der Waals surface area contributed by atoms with Gasteiger partial charge in [-0.05, 0) is 56.3 Å². The normalized spacial score (nSPS) is 35.3. The summed E-state index contributed by atoms with van der Waals surface area (Å²) in [5.74, 6) is 2.26. The summed E-state index contributed by atoms with van der Waals surface area (Å²) >= 11 is 0. The minimum atomic E-state index is -3.60. The SMILES string of the molecule is C=CS(=O)(=O)NCC(=O)N1CCN(C(=O)C23CC4CC(CC(C4)C2)C3)CC1. The van der Waals surface area contributed by atoms with Crippen molar-refractivity contribution in [1.82, 2.24) is 14.5 Å². The summed E-state index contributed by atoms with van der Waals surface area (Å²) in [5.41, 5.74) is -0.138. The summed E-state index contributed by atoms with van der Waals surface area (Å²) in [6.45, 7) is 4.96. The first-order chi connectivity index (χ1) is 12.8. The van der Waals surface area contributed by atoms with Crippen molar-refractivity contribution in [2.75, 3.05) is 32.7 Å². The molecular weight excluding hydrogens is 366 g/mol. The van der Waals surface area contributed by atoms with E-state index in [-0.39, 0.29) is 17.9 Å². The van der Waals surface area contributed by atoms with E-state index >= 15 is 0 Å². The van der Waals surface area contributed by atoms with Crippen LogP contribution in [0, 0.1) is 23.2 Å². The minimum absolute atomic E-state index is 0.138. The van der Waals surface area contributed by atoms with Crippen molar-refractivity contribution in [1.29, 1.82) is 0 Å². The molecule has 0 aromatic carbocycles. The molecule has 1 heterocycles. The zero-order valence-corrected chi connectivity index (χ0v) is 16.5. The van der Waals surface area contributed by atoms with Gasteiger partial charge in [0.25, 0.3) is 0 Å². The zero-order chi connectivity index (χ0) is 19.2. The van der Waals surface area contributed by atoms with Gasteiger partial charge in [0, 0.05) is 31.6 Å². The molecule has 0 aromatic heterocycles. The summed E-state index contributed by atoms with van der Waals surface area (Å²) in [7, 11) is -3.60. The number of piperazine rings is 1. The first-order valence-corrected chi connectivity index (χ1v) is 11.5. The molecule has 8 heteroatoms. The maximum Gasteiger partial charge on any atom is 0.237 e. The Hall–Kier alpha value is -1.41. The molecule has 5 fully saturated rings. The van der Waals surface area contributed by atoms with Gasteiger partial charge in [0.05, 0.1) is 12.0 Å². The first-order valence-electron chi connectivity index (χ1n) is 9.99. The molecular formula is C19H29N3O4S. The van der Waals surface area contributed by atoms with E-state index in [9.17, 15) is 18.0 Å². The number of nitrogens with one attached hydrogen (secondary N) is 1. The molecule has 5 aliphatic rings. The molecule has 0 spiro atoms. The van der Waals surface area contributed by atoms with E-state index in [1.54, 1.807) is 4.90 Å². The third-order valence-electron chi connectivity index (χ3n) is 7.06. The van der Waals surface area contributed by atoms with Gasteiger partial charge in [-0.25, -0.2) is 13.1 Å². The number of amides is 2. The van der Waals surface area contributed by atoms with Crippen LogP contribution >= 0.6 is 0 Å². The van der Waals surface area contributed by atoms with Gasteiger partial charge < -0.3 is 9.80 Å². The van der Waals surface area contributed by atoms with Crippen LogP contribution in [0.15, 0.2) is 12.0 Å². The Bertz CT molecular complexity index is 705. The third kappa shape index (κ3) is 3.66. The first kappa shape index (κ1) is 18.9. The predicted octanol–water partition coefficient (Wildman–Crippen LogP) is 0.936. The number of carbonyl (C=O) groups is 2. The fourth-order valence-electron chi connectivity index (χ4n) is 6.20. The zero-order valence-electron chi connectivity index (χ0n) is 15.7.